The number of alkyl halides is 1. The van der Waals surface area contributed by atoms with Crippen molar-refractivity contribution in [2.45, 2.75) is 31.5 Å². The van der Waals surface area contributed by atoms with Crippen molar-refractivity contribution in [1.29, 1.82) is 0 Å². The predicted octanol–water partition coefficient (Wildman–Crippen LogP) is 1.30. The van der Waals surface area contributed by atoms with Gasteiger partial charge < -0.3 is 4.55 Å². The van der Waals surface area contributed by atoms with E-state index in [0.717, 1.165) is 6.42 Å². The standard InChI is InChI=1S/C10H15BrO4S/c1-9(2)6-3-4-10(9,5-16(13,14)15)8(12)7(6)11/h6-7H,3-5H2,1-2H3,(H,13,14,15)/p-1/t6-,7-,10-/m1/s1. The maximum absolute atomic E-state index is 12.1. The summed E-state index contributed by atoms with van der Waals surface area (Å²) < 4.78 is 33.0. The summed E-state index contributed by atoms with van der Waals surface area (Å²) >= 11 is 3.33. The third kappa shape index (κ3) is 1.42. The Morgan fingerprint density at radius 1 is 1.50 bits per heavy atom. The van der Waals surface area contributed by atoms with Crippen LogP contribution in [-0.2, 0) is 14.9 Å². The van der Waals surface area contributed by atoms with Crippen molar-refractivity contribution in [2.24, 2.45) is 16.7 Å². The highest BCUT2D eigenvalue weighted by Crippen LogP contribution is 2.65. The summed E-state index contributed by atoms with van der Waals surface area (Å²) in [6.07, 6.45) is 1.33. The molecule has 0 aromatic rings. The minimum absolute atomic E-state index is 0.104. The number of carbonyl (C=O) groups is 1. The van der Waals surface area contributed by atoms with Gasteiger partial charge in [0, 0.05) is 5.41 Å². The molecule has 0 amide bonds. The Morgan fingerprint density at radius 2 is 2.06 bits per heavy atom. The summed E-state index contributed by atoms with van der Waals surface area (Å²) in [5.74, 6) is -0.514. The molecule has 0 saturated heterocycles. The molecule has 0 aromatic carbocycles. The third-order valence-electron chi connectivity index (χ3n) is 4.54. The van der Waals surface area contributed by atoms with Gasteiger partial charge in [-0.3, -0.25) is 4.79 Å². The van der Waals surface area contributed by atoms with Crippen molar-refractivity contribution >= 4 is 31.8 Å². The summed E-state index contributed by atoms with van der Waals surface area (Å²) in [7, 11) is -4.37. The van der Waals surface area contributed by atoms with Gasteiger partial charge in [0.05, 0.1) is 20.7 Å². The molecular weight excluding hydrogens is 296 g/mol. The number of halogens is 1. The first-order chi connectivity index (χ1) is 7.12. The molecule has 2 fully saturated rings. The molecule has 0 aliphatic heterocycles. The van der Waals surface area contributed by atoms with Gasteiger partial charge >= 0.3 is 0 Å². The van der Waals surface area contributed by atoms with Crippen molar-refractivity contribution < 1.29 is 17.8 Å². The van der Waals surface area contributed by atoms with Crippen LogP contribution in [0.25, 0.3) is 0 Å². The summed E-state index contributed by atoms with van der Waals surface area (Å²) in [4.78, 5) is 11.8. The molecule has 0 unspecified atom stereocenters. The monoisotopic (exact) mass is 309 g/mol. The van der Waals surface area contributed by atoms with Crippen molar-refractivity contribution in [2.75, 3.05) is 5.75 Å². The molecule has 4 nitrogen and oxygen atoms in total. The lowest BCUT2D eigenvalue weighted by Crippen LogP contribution is -2.43. The van der Waals surface area contributed by atoms with Gasteiger partial charge in [0.25, 0.3) is 0 Å². The summed E-state index contributed by atoms with van der Waals surface area (Å²) in [5, 5.41) is 0. The predicted molar refractivity (Wildman–Crippen MR) is 61.2 cm³/mol. The van der Waals surface area contributed by atoms with E-state index in [0.29, 0.717) is 6.42 Å². The normalized spacial score (nSPS) is 41.6. The Labute approximate surface area is 104 Å². The van der Waals surface area contributed by atoms with E-state index in [9.17, 15) is 17.8 Å². The van der Waals surface area contributed by atoms with Gasteiger partial charge in [0.1, 0.15) is 0 Å². The van der Waals surface area contributed by atoms with Crippen LogP contribution in [0, 0.1) is 16.7 Å². The number of Topliss-reactive ketones (excluding diaryl/α,β-unsaturated/α-hetero) is 1. The molecule has 6 heteroatoms. The fourth-order valence-electron chi connectivity index (χ4n) is 3.47. The molecule has 0 N–H and O–H groups in total. The van der Waals surface area contributed by atoms with Crippen LogP contribution in [0.4, 0.5) is 0 Å². The summed E-state index contributed by atoms with van der Waals surface area (Å²) in [6, 6.07) is 0. The molecule has 0 heterocycles. The fraction of sp³-hybridized carbons (Fsp3) is 0.900. The van der Waals surface area contributed by atoms with E-state index >= 15 is 0 Å². The first kappa shape index (κ1) is 12.5. The third-order valence-corrected chi connectivity index (χ3v) is 6.44. The van der Waals surface area contributed by atoms with Crippen LogP contribution in [0.15, 0.2) is 0 Å². The zero-order valence-electron chi connectivity index (χ0n) is 9.20. The van der Waals surface area contributed by atoms with Gasteiger partial charge in [-0.1, -0.05) is 29.8 Å². The van der Waals surface area contributed by atoms with Crippen LogP contribution in [-0.4, -0.2) is 29.3 Å². The second-order valence-corrected chi connectivity index (χ2v) is 7.81. The SMILES string of the molecule is CC1(C)[C@@H]2CC[C@@]1(CS(=O)(=O)[O-])C(=O)[C@@H]2Br. The first-order valence-corrected chi connectivity index (χ1v) is 7.73. The molecule has 0 aromatic heterocycles. The number of hydrogen-bond donors (Lipinski definition) is 0. The largest absolute Gasteiger partial charge is 0.748 e. The second-order valence-electron chi connectivity index (χ2n) is 5.42. The van der Waals surface area contributed by atoms with E-state index < -0.39 is 26.7 Å². The van der Waals surface area contributed by atoms with Crippen LogP contribution in [0.5, 0.6) is 0 Å². The van der Waals surface area contributed by atoms with Crippen molar-refractivity contribution in [3.63, 3.8) is 0 Å². The number of rotatable bonds is 2. The van der Waals surface area contributed by atoms with Crippen molar-refractivity contribution in [3.05, 3.63) is 0 Å². The van der Waals surface area contributed by atoms with E-state index in [4.69, 9.17) is 0 Å². The molecule has 3 atom stereocenters. The lowest BCUT2D eigenvalue weighted by atomic mass is 9.70. The quantitative estimate of drug-likeness (QED) is 0.569. The zero-order valence-corrected chi connectivity index (χ0v) is 11.6. The van der Waals surface area contributed by atoms with Gasteiger partial charge in [-0.05, 0) is 24.2 Å². The van der Waals surface area contributed by atoms with Crippen molar-refractivity contribution in [3.8, 4) is 0 Å². The van der Waals surface area contributed by atoms with Crippen LogP contribution in [0.3, 0.4) is 0 Å². The van der Waals surface area contributed by atoms with Crippen LogP contribution in [0.1, 0.15) is 26.7 Å². The van der Waals surface area contributed by atoms with Gasteiger partial charge in [0.2, 0.25) is 0 Å². The minimum atomic E-state index is -4.37. The zero-order chi connectivity index (χ0) is 12.4. The Kier molecular flexibility index (Phi) is 2.58. The highest BCUT2D eigenvalue weighted by molar-refractivity contribution is 9.10. The summed E-state index contributed by atoms with van der Waals surface area (Å²) in [6.45, 7) is 3.80. The van der Waals surface area contributed by atoms with Gasteiger partial charge in [-0.15, -0.1) is 0 Å². The summed E-state index contributed by atoms with van der Waals surface area (Å²) in [5.41, 5.74) is -1.37. The van der Waals surface area contributed by atoms with Crippen molar-refractivity contribution in [1.82, 2.24) is 0 Å². The van der Waals surface area contributed by atoms with E-state index in [1.807, 2.05) is 13.8 Å². The molecular formula is C10H14BrO4S-. The average Bonchev–Trinajstić information content (AvgIpc) is 2.39. The van der Waals surface area contributed by atoms with Gasteiger partial charge in [0.15, 0.2) is 5.78 Å². The van der Waals surface area contributed by atoms with Gasteiger partial charge in [-0.25, -0.2) is 8.42 Å². The molecule has 0 radical (unpaired) electrons. The Morgan fingerprint density at radius 3 is 2.44 bits per heavy atom. The van der Waals surface area contributed by atoms with E-state index in [-0.39, 0.29) is 16.5 Å². The maximum atomic E-state index is 12.1. The fourth-order valence-corrected chi connectivity index (χ4v) is 6.10. The molecule has 2 rings (SSSR count). The lowest BCUT2D eigenvalue weighted by Gasteiger charge is -2.36. The minimum Gasteiger partial charge on any atom is -0.748 e. The lowest BCUT2D eigenvalue weighted by molar-refractivity contribution is -0.127. The second kappa shape index (κ2) is 3.29. The molecule has 2 aliphatic carbocycles. The first-order valence-electron chi connectivity index (χ1n) is 5.24. The van der Waals surface area contributed by atoms with Crippen LogP contribution < -0.4 is 0 Å². The molecule has 2 saturated carbocycles. The highest BCUT2D eigenvalue weighted by atomic mass is 79.9. The number of ketones is 1. The smallest absolute Gasteiger partial charge is 0.154 e. The molecule has 16 heavy (non-hydrogen) atoms. The molecule has 92 valence electrons. The number of hydrogen-bond acceptors (Lipinski definition) is 4. The van der Waals surface area contributed by atoms with Gasteiger partial charge in [-0.2, -0.15) is 0 Å². The molecule has 2 bridgehead atoms. The van der Waals surface area contributed by atoms with E-state index in [2.05, 4.69) is 15.9 Å². The topological polar surface area (TPSA) is 74.3 Å². The van der Waals surface area contributed by atoms with E-state index in [1.165, 1.54) is 0 Å². The molecule has 2 aliphatic rings. The van der Waals surface area contributed by atoms with E-state index in [1.54, 1.807) is 0 Å². The number of carbonyl (C=O) groups excluding carboxylic acids is 1. The highest BCUT2D eigenvalue weighted by Gasteiger charge is 2.68. The number of fused-ring (bicyclic) bond motifs is 2. The maximum Gasteiger partial charge on any atom is 0.154 e. The Bertz CT molecular complexity index is 442. The Hall–Kier alpha value is 0.0600. The Balaban J connectivity index is 2.50. The van der Waals surface area contributed by atoms with Crippen LogP contribution >= 0.6 is 15.9 Å². The average molecular weight is 310 g/mol. The van der Waals surface area contributed by atoms with Crippen LogP contribution in [0.2, 0.25) is 0 Å². The molecule has 0 spiro atoms.